The number of aryl methyl sites for hydroxylation is 1. The third-order valence-electron chi connectivity index (χ3n) is 7.80. The predicted molar refractivity (Wildman–Crippen MR) is 149 cm³/mol. The lowest BCUT2D eigenvalue weighted by molar-refractivity contribution is 0.0699. The Morgan fingerprint density at radius 1 is 1.08 bits per heavy atom. The Bertz CT molecular complexity index is 1160. The maximum absolute atomic E-state index is 12.6. The van der Waals surface area contributed by atoms with Crippen LogP contribution in [0.5, 0.6) is 0 Å². The molecule has 0 spiro atoms. The molecule has 3 aliphatic rings. The molecule has 6 N–H and O–H groups in total. The number of nitrogens with one attached hydrogen (secondary N) is 3. The molecule has 9 nitrogen and oxygen atoms in total. The van der Waals surface area contributed by atoms with Crippen molar-refractivity contribution in [2.45, 2.75) is 76.5 Å². The topological polar surface area (TPSA) is 134 Å². The number of carbonyl (C=O) groups excluding carboxylic acids is 1. The maximum atomic E-state index is 12.6. The molecule has 5 rings (SSSR count). The Hall–Kier alpha value is -3.17. The Labute approximate surface area is 224 Å². The molecule has 2 aliphatic carbocycles. The number of aliphatic hydroxyl groups is 1. The van der Waals surface area contributed by atoms with Gasteiger partial charge in [0.15, 0.2) is 5.82 Å². The van der Waals surface area contributed by atoms with Crippen molar-refractivity contribution in [1.82, 2.24) is 15.3 Å². The predicted octanol–water partition coefficient (Wildman–Crippen LogP) is 3.58. The molecule has 2 aromatic rings. The largest absolute Gasteiger partial charge is 0.404 e. The highest BCUT2D eigenvalue weighted by atomic mass is 16.5. The third kappa shape index (κ3) is 6.63. The molecule has 1 saturated heterocycles. The van der Waals surface area contributed by atoms with Gasteiger partial charge in [0.25, 0.3) is 5.91 Å². The van der Waals surface area contributed by atoms with Gasteiger partial charge in [0.05, 0.1) is 12.1 Å². The van der Waals surface area contributed by atoms with Crippen LogP contribution in [0.3, 0.4) is 0 Å². The zero-order chi connectivity index (χ0) is 26.5. The molecule has 2 heterocycles. The van der Waals surface area contributed by atoms with E-state index >= 15 is 0 Å². The van der Waals surface area contributed by atoms with E-state index in [0.717, 1.165) is 82.3 Å². The standard InChI is InChI=1S/C29H40N6O3/c1-18-14-20(6-9-22(18)29(37)32-21-7-8-21)23(16-30)28-34-26(31-17-19-10-12-38-13-11-19)15-27(35-28)33-24-4-2-3-5-25(24)36/h6,9,14-16,19,21,24-25,36H,2-5,7-8,10-13,17,30H2,1H3,(H,32,37)(H2,31,33,34,35)/t24-,25?/m0/s1. The molecule has 204 valence electrons. The number of nitrogens with zero attached hydrogens (tertiary/aromatic N) is 2. The summed E-state index contributed by atoms with van der Waals surface area (Å²) in [5.74, 6) is 2.35. The van der Waals surface area contributed by atoms with E-state index in [9.17, 15) is 9.90 Å². The van der Waals surface area contributed by atoms with Gasteiger partial charge in [0.1, 0.15) is 11.6 Å². The summed E-state index contributed by atoms with van der Waals surface area (Å²) in [6.45, 7) is 4.32. The first-order valence-corrected chi connectivity index (χ1v) is 14.0. The van der Waals surface area contributed by atoms with Crippen molar-refractivity contribution >= 4 is 23.1 Å². The number of hydrogen-bond donors (Lipinski definition) is 5. The van der Waals surface area contributed by atoms with Crippen LogP contribution >= 0.6 is 0 Å². The molecular weight excluding hydrogens is 480 g/mol. The van der Waals surface area contributed by atoms with Crippen LogP contribution in [0.15, 0.2) is 30.5 Å². The molecule has 1 unspecified atom stereocenters. The van der Waals surface area contributed by atoms with Crippen LogP contribution in [0.25, 0.3) is 5.57 Å². The molecule has 38 heavy (non-hydrogen) atoms. The van der Waals surface area contributed by atoms with Gasteiger partial charge in [-0.25, -0.2) is 9.97 Å². The highest BCUT2D eigenvalue weighted by Crippen LogP contribution is 2.28. The molecule has 2 saturated carbocycles. The van der Waals surface area contributed by atoms with Crippen LogP contribution in [0, 0.1) is 12.8 Å². The molecule has 3 fully saturated rings. The number of amides is 1. The molecule has 0 bridgehead atoms. The van der Waals surface area contributed by atoms with Gasteiger partial charge >= 0.3 is 0 Å². The SMILES string of the molecule is Cc1cc(C(=CN)c2nc(NCC3CCOCC3)cc(N[C@H]3CCCCC3O)n2)ccc1C(=O)NC1CC1. The molecular formula is C29H40N6O3. The molecule has 1 amide bonds. The highest BCUT2D eigenvalue weighted by molar-refractivity contribution is 5.96. The van der Waals surface area contributed by atoms with Crippen molar-refractivity contribution < 1.29 is 14.6 Å². The Morgan fingerprint density at radius 2 is 1.84 bits per heavy atom. The lowest BCUT2D eigenvalue weighted by atomic mass is 9.92. The van der Waals surface area contributed by atoms with Gasteiger partial charge in [-0.2, -0.15) is 0 Å². The number of nitrogens with two attached hydrogens (primary N) is 1. The van der Waals surface area contributed by atoms with E-state index in [0.29, 0.717) is 40.6 Å². The number of benzene rings is 1. The van der Waals surface area contributed by atoms with Gasteiger partial charge in [-0.3, -0.25) is 4.79 Å². The van der Waals surface area contributed by atoms with Crippen LogP contribution in [0.4, 0.5) is 11.6 Å². The second-order valence-electron chi connectivity index (χ2n) is 10.9. The van der Waals surface area contributed by atoms with E-state index in [1.165, 1.54) is 6.20 Å². The molecule has 2 atom stereocenters. The van der Waals surface area contributed by atoms with Crippen LogP contribution in [0.2, 0.25) is 0 Å². The summed E-state index contributed by atoms with van der Waals surface area (Å²) in [6.07, 6.45) is 9.08. The van der Waals surface area contributed by atoms with Crippen molar-refractivity contribution in [2.24, 2.45) is 11.7 Å². The zero-order valence-electron chi connectivity index (χ0n) is 22.2. The van der Waals surface area contributed by atoms with Gasteiger partial charge in [-0.05, 0) is 68.6 Å². The second kappa shape index (κ2) is 12.1. The number of aromatic nitrogens is 2. The van der Waals surface area contributed by atoms with Crippen LogP contribution in [0.1, 0.15) is 78.7 Å². The summed E-state index contributed by atoms with van der Waals surface area (Å²) in [7, 11) is 0. The minimum absolute atomic E-state index is 0.0390. The van der Waals surface area contributed by atoms with E-state index in [1.54, 1.807) is 0 Å². The van der Waals surface area contributed by atoms with Gasteiger partial charge in [0, 0.05) is 49.2 Å². The van der Waals surface area contributed by atoms with E-state index < -0.39 is 6.10 Å². The lowest BCUT2D eigenvalue weighted by Gasteiger charge is -2.29. The minimum Gasteiger partial charge on any atom is -0.404 e. The van der Waals surface area contributed by atoms with Crippen molar-refractivity contribution in [3.63, 3.8) is 0 Å². The van der Waals surface area contributed by atoms with E-state index in [-0.39, 0.29) is 11.9 Å². The van der Waals surface area contributed by atoms with Gasteiger partial charge in [-0.15, -0.1) is 0 Å². The summed E-state index contributed by atoms with van der Waals surface area (Å²) in [5, 5.41) is 20.6. The van der Waals surface area contributed by atoms with Crippen molar-refractivity contribution in [3.05, 3.63) is 53.0 Å². The number of hydrogen-bond acceptors (Lipinski definition) is 8. The Kier molecular flexibility index (Phi) is 8.44. The van der Waals surface area contributed by atoms with Crippen LogP contribution < -0.4 is 21.7 Å². The first kappa shape index (κ1) is 26.4. The summed E-state index contributed by atoms with van der Waals surface area (Å²) < 4.78 is 5.50. The third-order valence-corrected chi connectivity index (χ3v) is 7.80. The lowest BCUT2D eigenvalue weighted by Crippen LogP contribution is -2.36. The summed E-state index contributed by atoms with van der Waals surface area (Å²) in [6, 6.07) is 7.87. The maximum Gasteiger partial charge on any atom is 0.251 e. The number of aliphatic hydroxyl groups excluding tert-OH is 1. The fourth-order valence-corrected chi connectivity index (χ4v) is 5.28. The number of anilines is 2. The summed E-state index contributed by atoms with van der Waals surface area (Å²) in [5.41, 5.74) is 9.21. The average Bonchev–Trinajstić information content (AvgIpc) is 3.74. The first-order valence-electron chi connectivity index (χ1n) is 14.0. The fraction of sp³-hybridized carbons (Fsp3) is 0.552. The average molecular weight is 521 g/mol. The number of rotatable bonds is 9. The van der Waals surface area contributed by atoms with Gasteiger partial charge in [0.2, 0.25) is 0 Å². The van der Waals surface area contributed by atoms with Gasteiger partial charge in [-0.1, -0.05) is 25.0 Å². The van der Waals surface area contributed by atoms with E-state index in [2.05, 4.69) is 16.0 Å². The monoisotopic (exact) mass is 520 g/mol. The summed E-state index contributed by atoms with van der Waals surface area (Å²) in [4.78, 5) is 22.3. The van der Waals surface area contributed by atoms with Gasteiger partial charge < -0.3 is 31.5 Å². The van der Waals surface area contributed by atoms with Crippen LogP contribution in [-0.4, -0.2) is 58.9 Å². The summed E-state index contributed by atoms with van der Waals surface area (Å²) >= 11 is 0. The molecule has 1 aromatic carbocycles. The van der Waals surface area contributed by atoms with E-state index in [1.807, 2.05) is 31.2 Å². The number of carbonyl (C=O) groups is 1. The van der Waals surface area contributed by atoms with Crippen LogP contribution in [-0.2, 0) is 4.74 Å². The van der Waals surface area contributed by atoms with Crippen molar-refractivity contribution in [1.29, 1.82) is 0 Å². The molecule has 0 radical (unpaired) electrons. The minimum atomic E-state index is -0.401. The second-order valence-corrected chi connectivity index (χ2v) is 10.9. The number of ether oxygens (including phenoxy) is 1. The molecule has 1 aliphatic heterocycles. The van der Waals surface area contributed by atoms with Crippen molar-refractivity contribution in [2.75, 3.05) is 30.4 Å². The molecule has 9 heteroatoms. The quantitative estimate of drug-likeness (QED) is 0.339. The Balaban J connectivity index is 1.40. The Morgan fingerprint density at radius 3 is 2.55 bits per heavy atom. The fourth-order valence-electron chi connectivity index (χ4n) is 5.28. The smallest absolute Gasteiger partial charge is 0.251 e. The highest BCUT2D eigenvalue weighted by Gasteiger charge is 2.26. The van der Waals surface area contributed by atoms with Crippen molar-refractivity contribution in [3.8, 4) is 0 Å². The van der Waals surface area contributed by atoms with E-state index in [4.69, 9.17) is 20.4 Å². The zero-order valence-corrected chi connectivity index (χ0v) is 22.2. The molecule has 1 aromatic heterocycles. The normalized spacial score (nSPS) is 22.6. The first-order chi connectivity index (χ1) is 18.5.